The molecule has 3 rings (SSSR count). The molecule has 22 heavy (non-hydrogen) atoms. The maximum Gasteiger partial charge on any atom is 0.317 e. The molecule has 2 N–H and O–H groups in total. The van der Waals surface area contributed by atoms with Crippen molar-refractivity contribution in [2.45, 2.75) is 50.0 Å². The topological polar surface area (TPSA) is 52.6 Å². The van der Waals surface area contributed by atoms with Crippen LogP contribution in [-0.4, -0.2) is 41.8 Å². The van der Waals surface area contributed by atoms with Gasteiger partial charge in [-0.25, -0.2) is 4.79 Å². The van der Waals surface area contributed by atoms with Crippen LogP contribution < -0.4 is 5.32 Å². The summed E-state index contributed by atoms with van der Waals surface area (Å²) < 4.78 is 0. The van der Waals surface area contributed by atoms with E-state index in [1.807, 2.05) is 23.1 Å². The zero-order valence-corrected chi connectivity index (χ0v) is 13.1. The summed E-state index contributed by atoms with van der Waals surface area (Å²) in [6.07, 6.45) is 6.34. The number of carbonyl (C=O) groups excluding carboxylic acids is 1. The molecule has 1 aliphatic heterocycles. The molecule has 1 heterocycles. The molecule has 4 heteroatoms. The van der Waals surface area contributed by atoms with Gasteiger partial charge in [-0.3, -0.25) is 0 Å². The van der Waals surface area contributed by atoms with Gasteiger partial charge < -0.3 is 15.3 Å². The van der Waals surface area contributed by atoms with Crippen LogP contribution in [0.15, 0.2) is 30.3 Å². The summed E-state index contributed by atoms with van der Waals surface area (Å²) >= 11 is 0. The van der Waals surface area contributed by atoms with Crippen LogP contribution in [0.4, 0.5) is 4.79 Å². The zero-order chi connectivity index (χ0) is 15.4. The van der Waals surface area contributed by atoms with E-state index in [9.17, 15) is 9.90 Å². The minimum absolute atomic E-state index is 0.0755. The van der Waals surface area contributed by atoms with Gasteiger partial charge in [0.1, 0.15) is 0 Å². The van der Waals surface area contributed by atoms with E-state index in [0.717, 1.165) is 38.8 Å². The molecule has 4 nitrogen and oxygen atoms in total. The molecule has 1 saturated carbocycles. The van der Waals surface area contributed by atoms with E-state index in [1.165, 1.54) is 18.4 Å². The second kappa shape index (κ2) is 6.69. The summed E-state index contributed by atoms with van der Waals surface area (Å²) in [4.78, 5) is 14.3. The van der Waals surface area contributed by atoms with Gasteiger partial charge in [0.05, 0.1) is 6.61 Å². The third-order valence-electron chi connectivity index (χ3n) is 5.18. The van der Waals surface area contributed by atoms with E-state index in [4.69, 9.17) is 0 Å². The predicted octanol–water partition coefficient (Wildman–Crippen LogP) is 2.66. The standard InChI is InChI=1S/C18H26N2O2/c21-14-18(15-8-4-3-5-9-15)12-16(13-18)19-17(22)20-10-6-1-2-7-11-20/h3-5,8-9,16,21H,1-2,6-7,10-14H2,(H,19,22). The van der Waals surface area contributed by atoms with Crippen LogP contribution in [0.2, 0.25) is 0 Å². The van der Waals surface area contributed by atoms with Gasteiger partial charge >= 0.3 is 6.03 Å². The number of likely N-dealkylation sites (tertiary alicyclic amines) is 1. The minimum Gasteiger partial charge on any atom is -0.395 e. The van der Waals surface area contributed by atoms with E-state index < -0.39 is 0 Å². The van der Waals surface area contributed by atoms with Gasteiger partial charge in [0.2, 0.25) is 0 Å². The molecular weight excluding hydrogens is 276 g/mol. The first-order valence-corrected chi connectivity index (χ1v) is 8.45. The van der Waals surface area contributed by atoms with Crippen LogP contribution in [0.1, 0.15) is 44.1 Å². The number of nitrogens with one attached hydrogen (secondary N) is 1. The normalized spacial score (nSPS) is 28.6. The highest BCUT2D eigenvalue weighted by molar-refractivity contribution is 5.74. The van der Waals surface area contributed by atoms with Crippen LogP contribution in [-0.2, 0) is 5.41 Å². The Kier molecular flexibility index (Phi) is 4.67. The summed E-state index contributed by atoms with van der Waals surface area (Å²) in [6, 6.07) is 10.4. The molecule has 2 amide bonds. The first-order valence-electron chi connectivity index (χ1n) is 8.45. The Morgan fingerprint density at radius 2 is 1.77 bits per heavy atom. The number of urea groups is 1. The summed E-state index contributed by atoms with van der Waals surface area (Å²) in [6.45, 7) is 1.90. The molecule has 1 aliphatic carbocycles. The monoisotopic (exact) mass is 302 g/mol. The molecule has 1 aromatic rings. The van der Waals surface area contributed by atoms with Crippen LogP contribution in [0, 0.1) is 0 Å². The molecule has 1 saturated heterocycles. The molecule has 0 radical (unpaired) electrons. The number of hydrogen-bond acceptors (Lipinski definition) is 2. The van der Waals surface area contributed by atoms with Crippen molar-refractivity contribution in [3.05, 3.63) is 35.9 Å². The fourth-order valence-corrected chi connectivity index (χ4v) is 3.77. The zero-order valence-electron chi connectivity index (χ0n) is 13.1. The van der Waals surface area contributed by atoms with Crippen LogP contribution in [0.25, 0.3) is 0 Å². The summed E-state index contributed by atoms with van der Waals surface area (Å²) in [5, 5.41) is 13.0. The first-order chi connectivity index (χ1) is 10.7. The fraction of sp³-hybridized carbons (Fsp3) is 0.611. The number of carbonyl (C=O) groups is 1. The van der Waals surface area contributed by atoms with Crippen molar-refractivity contribution in [1.29, 1.82) is 0 Å². The molecular formula is C18H26N2O2. The maximum absolute atomic E-state index is 12.3. The second-order valence-electron chi connectivity index (χ2n) is 6.76. The molecule has 0 unspecified atom stereocenters. The van der Waals surface area contributed by atoms with Crippen molar-refractivity contribution in [2.24, 2.45) is 0 Å². The molecule has 0 spiro atoms. The molecule has 0 bridgehead atoms. The Morgan fingerprint density at radius 1 is 1.14 bits per heavy atom. The first kappa shape index (κ1) is 15.3. The van der Waals surface area contributed by atoms with Crippen molar-refractivity contribution in [3.63, 3.8) is 0 Å². The highest BCUT2D eigenvalue weighted by Crippen LogP contribution is 2.43. The smallest absolute Gasteiger partial charge is 0.317 e. The van der Waals surface area contributed by atoms with Crippen LogP contribution >= 0.6 is 0 Å². The van der Waals surface area contributed by atoms with Gasteiger partial charge in [-0.05, 0) is 31.2 Å². The molecule has 2 fully saturated rings. The molecule has 1 aromatic carbocycles. The summed E-state index contributed by atoms with van der Waals surface area (Å²) in [7, 11) is 0. The maximum atomic E-state index is 12.3. The highest BCUT2D eigenvalue weighted by Gasteiger charge is 2.45. The van der Waals surface area contributed by atoms with Gasteiger partial charge in [0, 0.05) is 24.5 Å². The Balaban J connectivity index is 1.55. The van der Waals surface area contributed by atoms with E-state index in [1.54, 1.807) is 0 Å². The SMILES string of the molecule is O=C(NC1CC(CO)(c2ccccc2)C1)N1CCCCCC1. The average molecular weight is 302 g/mol. The number of aliphatic hydroxyl groups is 1. The minimum atomic E-state index is -0.169. The Hall–Kier alpha value is -1.55. The van der Waals surface area contributed by atoms with E-state index in [0.29, 0.717) is 0 Å². The van der Waals surface area contributed by atoms with Crippen molar-refractivity contribution in [1.82, 2.24) is 10.2 Å². The molecule has 2 aliphatic rings. The third kappa shape index (κ3) is 3.12. The van der Waals surface area contributed by atoms with Crippen molar-refractivity contribution in [3.8, 4) is 0 Å². The Morgan fingerprint density at radius 3 is 2.36 bits per heavy atom. The van der Waals surface area contributed by atoms with Gasteiger partial charge in [0.15, 0.2) is 0 Å². The van der Waals surface area contributed by atoms with Crippen LogP contribution in [0.5, 0.6) is 0 Å². The molecule has 120 valence electrons. The lowest BCUT2D eigenvalue weighted by molar-refractivity contribution is 0.0854. The number of aliphatic hydroxyl groups excluding tert-OH is 1. The largest absolute Gasteiger partial charge is 0.395 e. The lowest BCUT2D eigenvalue weighted by Gasteiger charge is -2.47. The lowest BCUT2D eigenvalue weighted by Crippen LogP contribution is -2.57. The quantitative estimate of drug-likeness (QED) is 0.902. The highest BCUT2D eigenvalue weighted by atomic mass is 16.3. The number of hydrogen-bond donors (Lipinski definition) is 2. The van der Waals surface area contributed by atoms with Crippen molar-refractivity contribution < 1.29 is 9.90 Å². The van der Waals surface area contributed by atoms with Gasteiger partial charge in [-0.2, -0.15) is 0 Å². The Labute approximate surface area is 132 Å². The van der Waals surface area contributed by atoms with Gasteiger partial charge in [0.25, 0.3) is 0 Å². The summed E-state index contributed by atoms with van der Waals surface area (Å²) in [5.74, 6) is 0. The lowest BCUT2D eigenvalue weighted by atomic mass is 9.62. The number of nitrogens with zero attached hydrogens (tertiary/aromatic N) is 1. The fourth-order valence-electron chi connectivity index (χ4n) is 3.77. The van der Waals surface area contributed by atoms with E-state index in [-0.39, 0.29) is 24.1 Å². The third-order valence-corrected chi connectivity index (χ3v) is 5.18. The molecule has 0 aromatic heterocycles. The summed E-state index contributed by atoms with van der Waals surface area (Å²) in [5.41, 5.74) is 1.01. The Bertz CT molecular complexity index is 489. The second-order valence-corrected chi connectivity index (χ2v) is 6.76. The van der Waals surface area contributed by atoms with Gasteiger partial charge in [-0.1, -0.05) is 43.2 Å². The van der Waals surface area contributed by atoms with Gasteiger partial charge in [-0.15, -0.1) is 0 Å². The molecule has 0 atom stereocenters. The average Bonchev–Trinajstić information content (AvgIpc) is 2.80. The van der Waals surface area contributed by atoms with E-state index in [2.05, 4.69) is 17.4 Å². The predicted molar refractivity (Wildman–Crippen MR) is 86.8 cm³/mol. The number of amides is 2. The van der Waals surface area contributed by atoms with E-state index >= 15 is 0 Å². The van der Waals surface area contributed by atoms with Crippen LogP contribution in [0.3, 0.4) is 0 Å². The number of rotatable bonds is 3. The number of benzene rings is 1. The van der Waals surface area contributed by atoms with Crippen molar-refractivity contribution >= 4 is 6.03 Å². The van der Waals surface area contributed by atoms with Crippen molar-refractivity contribution in [2.75, 3.05) is 19.7 Å².